The van der Waals surface area contributed by atoms with Crippen molar-refractivity contribution < 1.29 is 18.0 Å². The predicted octanol–water partition coefficient (Wildman–Crippen LogP) is 3.00. The van der Waals surface area contributed by atoms with Crippen LogP contribution in [0.25, 0.3) is 0 Å². The van der Waals surface area contributed by atoms with E-state index < -0.39 is 21.9 Å². The van der Waals surface area contributed by atoms with Gasteiger partial charge in [0.25, 0.3) is 0 Å². The van der Waals surface area contributed by atoms with Gasteiger partial charge in [0.1, 0.15) is 12.1 Å². The third-order valence-electron chi connectivity index (χ3n) is 1.71. The van der Waals surface area contributed by atoms with Gasteiger partial charge in [0.2, 0.25) is 0 Å². The number of carbonyl (C=O) groups is 1. The van der Waals surface area contributed by atoms with Crippen molar-refractivity contribution in [3.8, 4) is 0 Å². The molecule has 1 nitrogen and oxygen atoms in total. The normalized spacial score (nSPS) is 10.3. The van der Waals surface area contributed by atoms with Crippen LogP contribution in [0, 0.1) is 17.5 Å². The van der Waals surface area contributed by atoms with Gasteiger partial charge in [0.05, 0.1) is 4.47 Å². The topological polar surface area (TPSA) is 17.1 Å². The highest BCUT2D eigenvalue weighted by atomic mass is 79.9. The zero-order chi connectivity index (χ0) is 10.7. The Balaban J connectivity index is 3.12. The fourth-order valence-corrected chi connectivity index (χ4v) is 1.31. The third-order valence-corrected chi connectivity index (χ3v) is 2.44. The van der Waals surface area contributed by atoms with Crippen molar-refractivity contribution in [2.24, 2.45) is 0 Å². The van der Waals surface area contributed by atoms with E-state index in [1.165, 1.54) is 0 Å². The van der Waals surface area contributed by atoms with Gasteiger partial charge in [-0.1, -0.05) is 0 Å². The van der Waals surface area contributed by atoms with Gasteiger partial charge in [0.15, 0.2) is 11.6 Å². The van der Waals surface area contributed by atoms with Crippen LogP contribution in [0.1, 0.15) is 12.0 Å². The van der Waals surface area contributed by atoms with E-state index in [2.05, 4.69) is 15.9 Å². The quantitative estimate of drug-likeness (QED) is 0.467. The first-order valence-electron chi connectivity index (χ1n) is 3.83. The lowest BCUT2D eigenvalue weighted by Gasteiger charge is -2.04. The van der Waals surface area contributed by atoms with Crippen molar-refractivity contribution in [2.75, 3.05) is 0 Å². The monoisotopic (exact) mass is 266 g/mol. The summed E-state index contributed by atoms with van der Waals surface area (Å²) in [6.07, 6.45) is 0.602. The number of benzene rings is 1. The lowest BCUT2D eigenvalue weighted by Crippen LogP contribution is -1.99. The Labute approximate surface area is 87.1 Å². The number of rotatable bonds is 3. The first-order valence-corrected chi connectivity index (χ1v) is 4.62. The molecule has 0 aliphatic rings. The van der Waals surface area contributed by atoms with E-state index in [4.69, 9.17) is 0 Å². The summed E-state index contributed by atoms with van der Waals surface area (Å²) in [5.41, 5.74) is -0.129. The van der Waals surface area contributed by atoms with Gasteiger partial charge in [-0.2, -0.15) is 0 Å². The molecule has 0 heterocycles. The van der Waals surface area contributed by atoms with E-state index in [0.29, 0.717) is 6.29 Å². The summed E-state index contributed by atoms with van der Waals surface area (Å²) in [5.74, 6) is -3.24. The molecule has 1 aromatic rings. The summed E-state index contributed by atoms with van der Waals surface area (Å²) < 4.78 is 38.4. The standard InChI is InChI=1S/C9H6BrF3O/c10-7-6(11)4-5(2-1-3-14)8(12)9(7)13/h3-4H,1-2H2. The van der Waals surface area contributed by atoms with Crippen LogP contribution in [0.4, 0.5) is 13.2 Å². The molecule has 0 saturated heterocycles. The minimum absolute atomic E-state index is 0.00352. The summed E-state index contributed by atoms with van der Waals surface area (Å²) in [4.78, 5) is 10.0. The van der Waals surface area contributed by atoms with Crippen molar-refractivity contribution >= 4 is 22.2 Å². The number of hydrogen-bond acceptors (Lipinski definition) is 1. The fourth-order valence-electron chi connectivity index (χ4n) is 1.02. The van der Waals surface area contributed by atoms with Gasteiger partial charge in [-0.3, -0.25) is 0 Å². The van der Waals surface area contributed by atoms with Crippen LogP contribution in [0.3, 0.4) is 0 Å². The highest BCUT2D eigenvalue weighted by molar-refractivity contribution is 9.10. The minimum Gasteiger partial charge on any atom is -0.303 e. The molecule has 0 aromatic heterocycles. The predicted molar refractivity (Wildman–Crippen MR) is 48.4 cm³/mol. The van der Waals surface area contributed by atoms with Crippen LogP contribution in [-0.2, 0) is 11.2 Å². The molecule has 0 aliphatic heterocycles. The number of carbonyl (C=O) groups excluding carboxylic acids is 1. The largest absolute Gasteiger partial charge is 0.303 e. The molecular weight excluding hydrogens is 261 g/mol. The Morgan fingerprint density at radius 1 is 1.29 bits per heavy atom. The van der Waals surface area contributed by atoms with Crippen LogP contribution in [0.2, 0.25) is 0 Å². The maximum absolute atomic E-state index is 13.1. The molecule has 5 heteroatoms. The van der Waals surface area contributed by atoms with E-state index in [1.807, 2.05) is 0 Å². The second-order valence-corrected chi connectivity index (χ2v) is 3.46. The second-order valence-electron chi connectivity index (χ2n) is 2.66. The Morgan fingerprint density at radius 2 is 1.93 bits per heavy atom. The molecule has 0 aliphatic carbocycles. The number of halogens is 4. The molecule has 0 spiro atoms. The average Bonchev–Trinajstić information content (AvgIpc) is 2.18. The zero-order valence-electron chi connectivity index (χ0n) is 6.99. The van der Waals surface area contributed by atoms with Crippen molar-refractivity contribution in [3.05, 3.63) is 33.6 Å². The van der Waals surface area contributed by atoms with Gasteiger partial charge >= 0.3 is 0 Å². The lowest BCUT2D eigenvalue weighted by atomic mass is 10.1. The maximum atomic E-state index is 13.1. The molecule has 0 fully saturated rings. The van der Waals surface area contributed by atoms with Crippen molar-refractivity contribution in [2.45, 2.75) is 12.8 Å². The summed E-state index contributed by atoms with van der Waals surface area (Å²) >= 11 is 2.57. The molecule has 0 saturated carbocycles. The van der Waals surface area contributed by atoms with Gasteiger partial charge in [-0.05, 0) is 34.0 Å². The summed E-state index contributed by atoms with van der Waals surface area (Å²) in [6.45, 7) is 0. The highest BCUT2D eigenvalue weighted by Crippen LogP contribution is 2.25. The van der Waals surface area contributed by atoms with E-state index in [1.54, 1.807) is 0 Å². The van der Waals surface area contributed by atoms with Crippen LogP contribution in [-0.4, -0.2) is 6.29 Å². The first-order chi connectivity index (χ1) is 6.57. The number of hydrogen-bond donors (Lipinski definition) is 0. The fraction of sp³-hybridized carbons (Fsp3) is 0.222. The summed E-state index contributed by atoms with van der Waals surface area (Å²) in [7, 11) is 0. The van der Waals surface area contributed by atoms with E-state index >= 15 is 0 Å². The maximum Gasteiger partial charge on any atom is 0.176 e. The summed E-state index contributed by atoms with van der Waals surface area (Å²) in [5, 5.41) is 0. The van der Waals surface area contributed by atoms with E-state index in [-0.39, 0.29) is 18.4 Å². The van der Waals surface area contributed by atoms with Crippen LogP contribution in [0.15, 0.2) is 10.5 Å². The Kier molecular flexibility index (Phi) is 3.69. The molecule has 76 valence electrons. The Bertz CT molecular complexity index is 366. The number of aldehydes is 1. The van der Waals surface area contributed by atoms with E-state index in [0.717, 1.165) is 6.07 Å². The van der Waals surface area contributed by atoms with Gasteiger partial charge in [-0.15, -0.1) is 0 Å². The molecule has 14 heavy (non-hydrogen) atoms. The molecule has 0 bridgehead atoms. The molecule has 0 N–H and O–H groups in total. The molecule has 0 atom stereocenters. The van der Waals surface area contributed by atoms with Gasteiger partial charge in [-0.25, -0.2) is 13.2 Å². The van der Waals surface area contributed by atoms with Gasteiger partial charge < -0.3 is 4.79 Å². The van der Waals surface area contributed by atoms with Crippen LogP contribution in [0.5, 0.6) is 0 Å². The van der Waals surface area contributed by atoms with Crippen molar-refractivity contribution in [1.82, 2.24) is 0 Å². The number of aryl methyl sites for hydroxylation is 1. The van der Waals surface area contributed by atoms with Crippen LogP contribution < -0.4 is 0 Å². The Hall–Kier alpha value is -0.840. The van der Waals surface area contributed by atoms with Gasteiger partial charge in [0, 0.05) is 6.42 Å². The smallest absolute Gasteiger partial charge is 0.176 e. The highest BCUT2D eigenvalue weighted by Gasteiger charge is 2.16. The second kappa shape index (κ2) is 4.59. The SMILES string of the molecule is O=CCCc1cc(F)c(Br)c(F)c1F. The molecule has 0 unspecified atom stereocenters. The summed E-state index contributed by atoms with van der Waals surface area (Å²) in [6, 6.07) is 0.881. The van der Waals surface area contributed by atoms with Crippen molar-refractivity contribution in [3.63, 3.8) is 0 Å². The minimum atomic E-state index is -1.26. The molecule has 1 aromatic carbocycles. The Morgan fingerprint density at radius 3 is 2.50 bits per heavy atom. The van der Waals surface area contributed by atoms with Crippen molar-refractivity contribution in [1.29, 1.82) is 0 Å². The lowest BCUT2D eigenvalue weighted by molar-refractivity contribution is -0.107. The van der Waals surface area contributed by atoms with E-state index in [9.17, 15) is 18.0 Å². The molecule has 1 rings (SSSR count). The molecular formula is C9H6BrF3O. The first kappa shape index (κ1) is 11.2. The zero-order valence-corrected chi connectivity index (χ0v) is 8.58. The molecule has 0 radical (unpaired) electrons. The average molecular weight is 267 g/mol. The van der Waals surface area contributed by atoms with Crippen LogP contribution >= 0.6 is 15.9 Å². The third kappa shape index (κ3) is 2.15. The molecule has 0 amide bonds.